The van der Waals surface area contributed by atoms with Crippen LogP contribution in [-0.4, -0.2) is 4.98 Å². The van der Waals surface area contributed by atoms with Gasteiger partial charge in [0.15, 0.2) is 0 Å². The van der Waals surface area contributed by atoms with Crippen LogP contribution in [0.25, 0.3) is 22.9 Å². The molecule has 0 aliphatic rings. The van der Waals surface area contributed by atoms with Gasteiger partial charge in [-0.1, -0.05) is 54.4 Å². The minimum atomic E-state index is 0.544. The second kappa shape index (κ2) is 7.84. The normalized spacial score (nSPS) is 11.4. The van der Waals surface area contributed by atoms with Crippen molar-refractivity contribution in [1.82, 2.24) is 4.98 Å². The Balaban J connectivity index is 2.03. The van der Waals surface area contributed by atoms with Crippen LogP contribution in [0, 0.1) is 11.3 Å². The van der Waals surface area contributed by atoms with Gasteiger partial charge in [-0.05, 0) is 42.3 Å². The Kier molecular flexibility index (Phi) is 5.55. The largest absolute Gasteiger partial charge is 0.235 e. The molecule has 2 nitrogen and oxygen atoms in total. The molecule has 2 aromatic carbocycles. The summed E-state index contributed by atoms with van der Waals surface area (Å²) in [6.07, 6.45) is 2.69. The molecule has 0 unspecified atom stereocenters. The van der Waals surface area contributed by atoms with E-state index >= 15 is 0 Å². The molecule has 0 spiro atoms. The summed E-state index contributed by atoms with van der Waals surface area (Å²) in [5, 5.41) is 11.7. The molecule has 124 valence electrons. The molecule has 5 heteroatoms. The van der Waals surface area contributed by atoms with Crippen LogP contribution in [0.4, 0.5) is 0 Å². The van der Waals surface area contributed by atoms with Crippen molar-refractivity contribution in [3.05, 3.63) is 74.0 Å². The van der Waals surface area contributed by atoms with Crippen LogP contribution in [0.5, 0.6) is 0 Å². The van der Waals surface area contributed by atoms with Crippen molar-refractivity contribution in [2.45, 2.75) is 13.3 Å². The zero-order valence-corrected chi connectivity index (χ0v) is 15.8. The first-order valence-corrected chi connectivity index (χ1v) is 9.31. The van der Waals surface area contributed by atoms with Gasteiger partial charge in [0, 0.05) is 20.5 Å². The standard InChI is InChI=1S/C20H14Cl2N2S/c1-2-18-19(14-5-9-17(22)10-6-14)24-20(25-18)15(12-23)11-13-3-7-16(21)8-4-13/h3-11H,2H2,1H3. The van der Waals surface area contributed by atoms with Gasteiger partial charge in [-0.2, -0.15) is 5.26 Å². The number of aromatic nitrogens is 1. The van der Waals surface area contributed by atoms with Crippen molar-refractivity contribution in [2.24, 2.45) is 0 Å². The highest BCUT2D eigenvalue weighted by molar-refractivity contribution is 7.13. The molecule has 0 aliphatic carbocycles. The lowest BCUT2D eigenvalue weighted by Gasteiger charge is -2.00. The Morgan fingerprint density at radius 2 is 1.68 bits per heavy atom. The number of halogens is 2. The number of hydrogen-bond acceptors (Lipinski definition) is 3. The van der Waals surface area contributed by atoms with E-state index in [1.165, 1.54) is 0 Å². The van der Waals surface area contributed by atoms with Gasteiger partial charge in [0.25, 0.3) is 0 Å². The Morgan fingerprint density at radius 3 is 2.24 bits per heavy atom. The molecular weight excluding hydrogens is 371 g/mol. The van der Waals surface area contributed by atoms with Crippen molar-refractivity contribution < 1.29 is 0 Å². The maximum atomic E-state index is 9.58. The van der Waals surface area contributed by atoms with Crippen molar-refractivity contribution in [2.75, 3.05) is 0 Å². The van der Waals surface area contributed by atoms with Gasteiger partial charge in [0.2, 0.25) is 0 Å². The van der Waals surface area contributed by atoms with E-state index < -0.39 is 0 Å². The first-order valence-electron chi connectivity index (χ1n) is 7.74. The maximum absolute atomic E-state index is 9.58. The Morgan fingerprint density at radius 1 is 1.08 bits per heavy atom. The third kappa shape index (κ3) is 4.11. The zero-order valence-electron chi connectivity index (χ0n) is 13.5. The van der Waals surface area contributed by atoms with Crippen molar-refractivity contribution in [1.29, 1.82) is 5.26 Å². The van der Waals surface area contributed by atoms with Crippen molar-refractivity contribution in [3.63, 3.8) is 0 Å². The van der Waals surface area contributed by atoms with Gasteiger partial charge in [-0.15, -0.1) is 11.3 Å². The van der Waals surface area contributed by atoms with Crippen LogP contribution < -0.4 is 0 Å². The van der Waals surface area contributed by atoms with E-state index in [2.05, 4.69) is 13.0 Å². The van der Waals surface area contributed by atoms with Crippen LogP contribution >= 0.6 is 34.5 Å². The molecule has 0 saturated heterocycles. The summed E-state index contributed by atoms with van der Waals surface area (Å²) in [5.41, 5.74) is 3.38. The molecule has 0 radical (unpaired) electrons. The predicted molar refractivity (Wildman–Crippen MR) is 107 cm³/mol. The number of thiazole rings is 1. The minimum Gasteiger partial charge on any atom is -0.235 e. The first kappa shape index (κ1) is 17.7. The fourth-order valence-electron chi connectivity index (χ4n) is 2.41. The first-order chi connectivity index (χ1) is 12.1. The SMILES string of the molecule is CCc1sc(C(C#N)=Cc2ccc(Cl)cc2)nc1-c1ccc(Cl)cc1. The summed E-state index contributed by atoms with van der Waals surface area (Å²) in [7, 11) is 0. The molecule has 0 bridgehead atoms. The van der Waals surface area contributed by atoms with Crippen LogP contribution in [0.2, 0.25) is 10.0 Å². The van der Waals surface area contributed by atoms with Gasteiger partial charge in [0.1, 0.15) is 11.1 Å². The molecule has 3 aromatic rings. The average molecular weight is 385 g/mol. The third-order valence-electron chi connectivity index (χ3n) is 3.67. The second-order valence-electron chi connectivity index (χ2n) is 5.37. The lowest BCUT2D eigenvalue weighted by Crippen LogP contribution is -1.85. The predicted octanol–water partition coefficient (Wildman–Crippen LogP) is 6.74. The highest BCUT2D eigenvalue weighted by Gasteiger charge is 2.15. The smallest absolute Gasteiger partial charge is 0.134 e. The molecule has 1 heterocycles. The minimum absolute atomic E-state index is 0.544. The third-order valence-corrected chi connectivity index (χ3v) is 5.40. The van der Waals surface area contributed by atoms with Gasteiger partial charge in [0.05, 0.1) is 11.3 Å². The van der Waals surface area contributed by atoms with Gasteiger partial charge in [-0.3, -0.25) is 0 Å². The number of nitrogens with zero attached hydrogens (tertiary/aromatic N) is 2. The van der Waals surface area contributed by atoms with E-state index in [-0.39, 0.29) is 0 Å². The number of aryl methyl sites for hydroxylation is 1. The Bertz CT molecular complexity index is 949. The fraction of sp³-hybridized carbons (Fsp3) is 0.100. The number of hydrogen-bond donors (Lipinski definition) is 0. The van der Waals surface area contributed by atoms with Gasteiger partial charge in [-0.25, -0.2) is 4.98 Å². The van der Waals surface area contributed by atoms with Crippen LogP contribution in [0.15, 0.2) is 48.5 Å². The molecule has 0 fully saturated rings. The van der Waals surface area contributed by atoms with Gasteiger partial charge >= 0.3 is 0 Å². The Labute approximate surface area is 161 Å². The van der Waals surface area contributed by atoms with E-state index in [1.54, 1.807) is 23.5 Å². The molecule has 0 N–H and O–H groups in total. The Hall–Kier alpha value is -2.12. The lowest BCUT2D eigenvalue weighted by atomic mass is 10.1. The van der Waals surface area contributed by atoms with Crippen molar-refractivity contribution >= 4 is 46.2 Å². The average Bonchev–Trinajstić information content (AvgIpc) is 3.06. The van der Waals surface area contributed by atoms with E-state index in [0.29, 0.717) is 15.6 Å². The molecule has 0 amide bonds. The highest BCUT2D eigenvalue weighted by atomic mass is 35.5. The highest BCUT2D eigenvalue weighted by Crippen LogP contribution is 2.33. The van der Waals surface area contributed by atoms with Crippen LogP contribution in [0.3, 0.4) is 0 Å². The van der Waals surface area contributed by atoms with E-state index in [0.717, 1.165) is 33.1 Å². The molecule has 0 aliphatic heterocycles. The van der Waals surface area contributed by atoms with E-state index in [1.807, 2.05) is 42.5 Å². The quantitative estimate of drug-likeness (QED) is 0.466. The summed E-state index contributed by atoms with van der Waals surface area (Å²) in [6, 6.07) is 17.3. The fourth-order valence-corrected chi connectivity index (χ4v) is 3.65. The summed E-state index contributed by atoms with van der Waals surface area (Å²) >= 11 is 13.4. The topological polar surface area (TPSA) is 36.7 Å². The maximum Gasteiger partial charge on any atom is 0.134 e. The molecule has 1 aromatic heterocycles. The van der Waals surface area contributed by atoms with Crippen LogP contribution in [-0.2, 0) is 6.42 Å². The monoisotopic (exact) mass is 384 g/mol. The van der Waals surface area contributed by atoms with E-state index in [4.69, 9.17) is 28.2 Å². The molecular formula is C20H14Cl2N2S. The summed E-state index contributed by atoms with van der Waals surface area (Å²) < 4.78 is 0. The number of rotatable bonds is 4. The van der Waals surface area contributed by atoms with E-state index in [9.17, 15) is 5.26 Å². The van der Waals surface area contributed by atoms with Crippen molar-refractivity contribution in [3.8, 4) is 17.3 Å². The number of allylic oxidation sites excluding steroid dienone is 1. The summed E-state index contributed by atoms with van der Waals surface area (Å²) in [4.78, 5) is 5.87. The summed E-state index contributed by atoms with van der Waals surface area (Å²) in [5.74, 6) is 0. The lowest BCUT2D eigenvalue weighted by molar-refractivity contribution is 1.17. The summed E-state index contributed by atoms with van der Waals surface area (Å²) in [6.45, 7) is 2.09. The number of nitriles is 1. The molecule has 0 atom stereocenters. The molecule has 3 rings (SSSR count). The zero-order chi connectivity index (χ0) is 17.8. The second-order valence-corrected chi connectivity index (χ2v) is 7.33. The molecule has 25 heavy (non-hydrogen) atoms. The van der Waals surface area contributed by atoms with Gasteiger partial charge < -0.3 is 0 Å². The number of benzene rings is 2. The molecule has 0 saturated carbocycles. The van der Waals surface area contributed by atoms with Crippen LogP contribution in [0.1, 0.15) is 22.4 Å².